The summed E-state index contributed by atoms with van der Waals surface area (Å²) in [5.41, 5.74) is 7.73. The molecule has 0 radical (unpaired) electrons. The number of primary amides is 1. The van der Waals surface area contributed by atoms with Gasteiger partial charge in [0.15, 0.2) is 0 Å². The maximum atomic E-state index is 12.4. The molecular weight excluding hydrogens is 358 g/mol. The van der Waals surface area contributed by atoms with E-state index in [1.165, 1.54) is 0 Å². The Morgan fingerprint density at radius 3 is 2.36 bits per heavy atom. The average molecular weight is 381 g/mol. The number of nitrogens with zero attached hydrogens (tertiary/aromatic N) is 1. The fourth-order valence-electron chi connectivity index (χ4n) is 3.36. The van der Waals surface area contributed by atoms with Crippen molar-refractivity contribution < 1.29 is 19.5 Å². The first kappa shape index (κ1) is 19.4. The summed E-state index contributed by atoms with van der Waals surface area (Å²) >= 11 is 0. The number of hydrogen-bond donors (Lipinski definition) is 3. The summed E-state index contributed by atoms with van der Waals surface area (Å²) in [6.07, 6.45) is 1.10. The molecular formula is C21H23N3O4. The molecule has 0 heterocycles. The molecule has 0 bridgehead atoms. The molecule has 2 unspecified atom stereocenters. The van der Waals surface area contributed by atoms with Crippen LogP contribution in [0, 0.1) is 11.8 Å². The van der Waals surface area contributed by atoms with Gasteiger partial charge in [0.1, 0.15) is 0 Å². The molecule has 2 amide bonds. The zero-order valence-corrected chi connectivity index (χ0v) is 15.4. The lowest BCUT2D eigenvalue weighted by Crippen LogP contribution is -2.41. The second-order valence-corrected chi connectivity index (χ2v) is 6.98. The number of aliphatic carboxylic acids is 1. The van der Waals surface area contributed by atoms with Crippen molar-refractivity contribution in [2.24, 2.45) is 17.6 Å². The van der Waals surface area contributed by atoms with Gasteiger partial charge < -0.3 is 21.1 Å². The summed E-state index contributed by atoms with van der Waals surface area (Å²) in [5.74, 6) is -2.81. The van der Waals surface area contributed by atoms with Crippen molar-refractivity contribution in [3.05, 3.63) is 60.2 Å². The number of anilines is 2. The highest BCUT2D eigenvalue weighted by molar-refractivity contribution is 5.96. The number of nitrogens with one attached hydrogen (secondary N) is 1. The Morgan fingerprint density at radius 2 is 1.75 bits per heavy atom. The van der Waals surface area contributed by atoms with E-state index in [-0.39, 0.29) is 12.5 Å². The van der Waals surface area contributed by atoms with Crippen LogP contribution in [0.4, 0.5) is 11.4 Å². The van der Waals surface area contributed by atoms with Gasteiger partial charge in [-0.2, -0.15) is 0 Å². The second kappa shape index (κ2) is 8.56. The fourth-order valence-corrected chi connectivity index (χ4v) is 3.36. The summed E-state index contributed by atoms with van der Waals surface area (Å²) in [5, 5.41) is 11.9. The lowest BCUT2D eigenvalue weighted by molar-refractivity contribution is -0.151. The van der Waals surface area contributed by atoms with Crippen molar-refractivity contribution in [1.29, 1.82) is 0 Å². The molecule has 2 aromatic rings. The van der Waals surface area contributed by atoms with Gasteiger partial charge in [-0.05, 0) is 36.6 Å². The molecule has 146 valence electrons. The molecule has 7 nitrogen and oxygen atoms in total. The van der Waals surface area contributed by atoms with E-state index >= 15 is 0 Å². The number of rotatable bonds is 8. The standard InChI is InChI=1S/C21H23N3O4/c22-19(25)13-24(12-14-5-2-1-3-6-14)16-8-4-7-15(11-16)23-20(26)17-9-10-18(17)21(27)28/h1-8,11,17-18H,9-10,12-13H2,(H2,22,25)(H,23,26)(H,27,28). The summed E-state index contributed by atoms with van der Waals surface area (Å²) < 4.78 is 0. The third-order valence-electron chi connectivity index (χ3n) is 4.97. The van der Waals surface area contributed by atoms with Crippen molar-refractivity contribution in [2.45, 2.75) is 19.4 Å². The molecule has 0 aromatic heterocycles. The zero-order valence-electron chi connectivity index (χ0n) is 15.4. The van der Waals surface area contributed by atoms with E-state index in [2.05, 4.69) is 5.32 Å². The highest BCUT2D eigenvalue weighted by atomic mass is 16.4. The van der Waals surface area contributed by atoms with Crippen molar-refractivity contribution >= 4 is 29.2 Å². The lowest BCUT2D eigenvalue weighted by Gasteiger charge is -2.32. The van der Waals surface area contributed by atoms with Gasteiger partial charge in [0, 0.05) is 17.9 Å². The quantitative estimate of drug-likeness (QED) is 0.649. The molecule has 0 aliphatic heterocycles. The summed E-state index contributed by atoms with van der Waals surface area (Å²) in [6.45, 7) is 0.529. The first-order chi connectivity index (χ1) is 13.4. The second-order valence-electron chi connectivity index (χ2n) is 6.98. The fraction of sp³-hybridized carbons (Fsp3) is 0.286. The third-order valence-corrected chi connectivity index (χ3v) is 4.97. The molecule has 2 atom stereocenters. The summed E-state index contributed by atoms with van der Waals surface area (Å²) in [7, 11) is 0. The number of carboxylic acids is 1. The van der Waals surface area contributed by atoms with Gasteiger partial charge in [0.2, 0.25) is 11.8 Å². The maximum absolute atomic E-state index is 12.4. The van der Waals surface area contributed by atoms with E-state index in [1.54, 1.807) is 18.2 Å². The van der Waals surface area contributed by atoms with Crippen LogP contribution in [0.2, 0.25) is 0 Å². The molecule has 1 aliphatic rings. The summed E-state index contributed by atoms with van der Waals surface area (Å²) in [4.78, 5) is 36.9. The molecule has 0 spiro atoms. The predicted molar refractivity (Wildman–Crippen MR) is 106 cm³/mol. The van der Waals surface area contributed by atoms with Crippen LogP contribution in [0.3, 0.4) is 0 Å². The monoisotopic (exact) mass is 381 g/mol. The van der Waals surface area contributed by atoms with E-state index < -0.39 is 23.7 Å². The minimum Gasteiger partial charge on any atom is -0.481 e. The van der Waals surface area contributed by atoms with Crippen LogP contribution >= 0.6 is 0 Å². The normalized spacial score (nSPS) is 18.0. The molecule has 7 heteroatoms. The molecule has 1 fully saturated rings. The minimum atomic E-state index is -0.935. The van der Waals surface area contributed by atoms with Crippen LogP contribution in [0.1, 0.15) is 18.4 Å². The number of carbonyl (C=O) groups is 3. The third kappa shape index (κ3) is 4.68. The van der Waals surface area contributed by atoms with E-state index in [9.17, 15) is 14.4 Å². The number of benzene rings is 2. The SMILES string of the molecule is NC(=O)CN(Cc1ccccc1)c1cccc(NC(=O)C2CCC2C(=O)O)c1. The lowest BCUT2D eigenvalue weighted by atomic mass is 9.73. The number of nitrogens with two attached hydrogens (primary N) is 1. The van der Waals surface area contributed by atoms with E-state index in [1.807, 2.05) is 41.3 Å². The van der Waals surface area contributed by atoms with E-state index in [0.717, 1.165) is 11.3 Å². The summed E-state index contributed by atoms with van der Waals surface area (Å²) in [6, 6.07) is 16.8. The van der Waals surface area contributed by atoms with Gasteiger partial charge in [0.25, 0.3) is 0 Å². The number of amides is 2. The molecule has 3 rings (SSSR count). The Bertz CT molecular complexity index is 869. The van der Waals surface area contributed by atoms with Crippen LogP contribution in [0.15, 0.2) is 54.6 Å². The highest BCUT2D eigenvalue weighted by Crippen LogP contribution is 2.35. The van der Waals surface area contributed by atoms with Crippen LogP contribution in [0.25, 0.3) is 0 Å². The Hall–Kier alpha value is -3.35. The molecule has 4 N–H and O–H groups in total. The van der Waals surface area contributed by atoms with E-state index in [0.29, 0.717) is 25.1 Å². The number of carboxylic acid groups (broad SMARTS) is 1. The van der Waals surface area contributed by atoms with Gasteiger partial charge in [-0.1, -0.05) is 36.4 Å². The molecule has 0 saturated heterocycles. The minimum absolute atomic E-state index is 0.0377. The Morgan fingerprint density at radius 1 is 1.04 bits per heavy atom. The Labute approximate surface area is 163 Å². The first-order valence-corrected chi connectivity index (χ1v) is 9.15. The van der Waals surface area contributed by atoms with Crippen molar-refractivity contribution in [1.82, 2.24) is 0 Å². The first-order valence-electron chi connectivity index (χ1n) is 9.15. The topological polar surface area (TPSA) is 113 Å². The highest BCUT2D eigenvalue weighted by Gasteiger charge is 2.41. The smallest absolute Gasteiger partial charge is 0.307 e. The molecule has 2 aromatic carbocycles. The number of carbonyl (C=O) groups excluding carboxylic acids is 2. The van der Waals surface area contributed by atoms with Gasteiger partial charge >= 0.3 is 5.97 Å². The zero-order chi connectivity index (χ0) is 20.1. The predicted octanol–water partition coefficient (Wildman–Crippen LogP) is 2.23. The Balaban J connectivity index is 1.74. The average Bonchev–Trinajstić information content (AvgIpc) is 2.60. The molecule has 28 heavy (non-hydrogen) atoms. The van der Waals surface area contributed by atoms with Gasteiger partial charge in [-0.15, -0.1) is 0 Å². The van der Waals surface area contributed by atoms with E-state index in [4.69, 9.17) is 10.8 Å². The maximum Gasteiger partial charge on any atom is 0.307 e. The molecule has 1 saturated carbocycles. The largest absolute Gasteiger partial charge is 0.481 e. The van der Waals surface area contributed by atoms with Crippen molar-refractivity contribution in [3.8, 4) is 0 Å². The van der Waals surface area contributed by atoms with Crippen LogP contribution in [-0.2, 0) is 20.9 Å². The van der Waals surface area contributed by atoms with Crippen molar-refractivity contribution in [2.75, 3.05) is 16.8 Å². The van der Waals surface area contributed by atoms with Crippen LogP contribution in [0.5, 0.6) is 0 Å². The Kier molecular flexibility index (Phi) is 5.93. The van der Waals surface area contributed by atoms with Gasteiger partial charge in [-0.3, -0.25) is 14.4 Å². The van der Waals surface area contributed by atoms with Gasteiger partial charge in [-0.25, -0.2) is 0 Å². The molecule has 1 aliphatic carbocycles. The number of hydrogen-bond acceptors (Lipinski definition) is 4. The van der Waals surface area contributed by atoms with Crippen LogP contribution < -0.4 is 16.0 Å². The van der Waals surface area contributed by atoms with Crippen LogP contribution in [-0.4, -0.2) is 29.4 Å². The van der Waals surface area contributed by atoms with Gasteiger partial charge in [0.05, 0.1) is 18.4 Å². The van der Waals surface area contributed by atoms with Crippen molar-refractivity contribution in [3.63, 3.8) is 0 Å².